The number of hydrogen-bond donors (Lipinski definition) is 2. The summed E-state index contributed by atoms with van der Waals surface area (Å²) < 4.78 is 6.29. The van der Waals surface area contributed by atoms with Gasteiger partial charge in [0.25, 0.3) is 5.56 Å². The standard InChI is InChI=1S/C18H24N4O4/c1-12(2)17(24)21(9-10-26-3)14-15(19)22(18(25)20-16(14)23)11-13-7-5-4-6-8-13/h4-8,12H,9-11,19H2,1-3H3,(H,20,23,25). The van der Waals surface area contributed by atoms with Crippen LogP contribution in [0.4, 0.5) is 11.5 Å². The summed E-state index contributed by atoms with van der Waals surface area (Å²) in [5.74, 6) is -0.669. The van der Waals surface area contributed by atoms with Crippen LogP contribution < -0.4 is 21.9 Å². The summed E-state index contributed by atoms with van der Waals surface area (Å²) in [4.78, 5) is 40.8. The average molecular weight is 360 g/mol. The highest BCUT2D eigenvalue weighted by Gasteiger charge is 2.25. The Kier molecular flexibility index (Phi) is 6.35. The van der Waals surface area contributed by atoms with Gasteiger partial charge in [0.1, 0.15) is 5.82 Å². The number of benzene rings is 1. The first-order valence-corrected chi connectivity index (χ1v) is 8.33. The number of rotatable bonds is 7. The van der Waals surface area contributed by atoms with E-state index in [4.69, 9.17) is 10.5 Å². The van der Waals surface area contributed by atoms with Crippen molar-refractivity contribution < 1.29 is 9.53 Å². The number of nitrogens with two attached hydrogens (primary N) is 1. The number of carbonyl (C=O) groups is 1. The van der Waals surface area contributed by atoms with Crippen molar-refractivity contribution in [3.63, 3.8) is 0 Å². The number of carbonyl (C=O) groups excluding carboxylic acids is 1. The summed E-state index contributed by atoms with van der Waals surface area (Å²) in [6, 6.07) is 9.24. The Morgan fingerprint density at radius 3 is 2.50 bits per heavy atom. The van der Waals surface area contributed by atoms with Gasteiger partial charge >= 0.3 is 5.69 Å². The second kappa shape index (κ2) is 8.48. The van der Waals surface area contributed by atoms with Gasteiger partial charge in [-0.1, -0.05) is 44.2 Å². The average Bonchev–Trinajstić information content (AvgIpc) is 2.61. The second-order valence-electron chi connectivity index (χ2n) is 6.20. The summed E-state index contributed by atoms with van der Waals surface area (Å²) in [6.45, 7) is 4.03. The normalized spacial score (nSPS) is 10.9. The minimum atomic E-state index is -0.693. The van der Waals surface area contributed by atoms with Gasteiger partial charge < -0.3 is 15.4 Å². The maximum atomic E-state index is 12.6. The largest absolute Gasteiger partial charge is 0.383 e. The molecule has 0 unspecified atom stereocenters. The van der Waals surface area contributed by atoms with Crippen LogP contribution in [0.2, 0.25) is 0 Å². The first-order valence-electron chi connectivity index (χ1n) is 8.33. The topological polar surface area (TPSA) is 110 Å². The van der Waals surface area contributed by atoms with E-state index in [1.807, 2.05) is 30.3 Å². The molecular formula is C18H24N4O4. The van der Waals surface area contributed by atoms with E-state index < -0.39 is 11.2 Å². The lowest BCUT2D eigenvalue weighted by Gasteiger charge is -2.25. The number of nitrogen functional groups attached to an aromatic ring is 1. The number of H-pyrrole nitrogens is 1. The van der Waals surface area contributed by atoms with E-state index >= 15 is 0 Å². The molecule has 0 radical (unpaired) electrons. The van der Waals surface area contributed by atoms with Crippen LogP contribution in [0.1, 0.15) is 19.4 Å². The Balaban J connectivity index is 2.56. The van der Waals surface area contributed by atoms with Crippen molar-refractivity contribution >= 4 is 17.4 Å². The molecule has 0 saturated carbocycles. The quantitative estimate of drug-likeness (QED) is 0.759. The lowest BCUT2D eigenvalue weighted by atomic mass is 10.1. The summed E-state index contributed by atoms with van der Waals surface area (Å²) in [5, 5.41) is 0. The zero-order valence-electron chi connectivity index (χ0n) is 15.2. The first kappa shape index (κ1) is 19.5. The Hall–Kier alpha value is -2.87. The fraction of sp³-hybridized carbons (Fsp3) is 0.389. The third-order valence-electron chi connectivity index (χ3n) is 3.95. The monoisotopic (exact) mass is 360 g/mol. The maximum Gasteiger partial charge on any atom is 0.330 e. The number of anilines is 2. The number of nitrogens with one attached hydrogen (secondary N) is 1. The molecule has 0 spiro atoms. The molecule has 0 fully saturated rings. The zero-order valence-corrected chi connectivity index (χ0v) is 15.2. The van der Waals surface area contributed by atoms with Crippen LogP contribution in [-0.2, 0) is 16.1 Å². The second-order valence-corrected chi connectivity index (χ2v) is 6.20. The molecule has 1 aromatic carbocycles. The van der Waals surface area contributed by atoms with E-state index in [-0.39, 0.29) is 43.0 Å². The van der Waals surface area contributed by atoms with Crippen molar-refractivity contribution in [2.45, 2.75) is 20.4 Å². The molecule has 26 heavy (non-hydrogen) atoms. The van der Waals surface area contributed by atoms with Gasteiger partial charge in [0.05, 0.1) is 13.2 Å². The number of aromatic amines is 1. The fourth-order valence-electron chi connectivity index (χ4n) is 2.59. The van der Waals surface area contributed by atoms with Gasteiger partial charge in [0.15, 0.2) is 5.69 Å². The number of nitrogens with zero attached hydrogens (tertiary/aromatic N) is 2. The van der Waals surface area contributed by atoms with Crippen LogP contribution in [0.5, 0.6) is 0 Å². The van der Waals surface area contributed by atoms with Crippen LogP contribution in [0, 0.1) is 5.92 Å². The molecule has 3 N–H and O–H groups in total. The first-order chi connectivity index (χ1) is 12.4. The van der Waals surface area contributed by atoms with Crippen molar-refractivity contribution in [2.24, 2.45) is 5.92 Å². The Morgan fingerprint density at radius 1 is 1.27 bits per heavy atom. The molecule has 1 amide bonds. The SMILES string of the molecule is COCCN(C(=O)C(C)C)c1c(N)n(Cc2ccccc2)c(=O)[nH]c1=O. The van der Waals surface area contributed by atoms with E-state index in [0.29, 0.717) is 0 Å². The number of methoxy groups -OCH3 is 1. The molecule has 0 saturated heterocycles. The molecule has 0 aliphatic rings. The van der Waals surface area contributed by atoms with Crippen molar-refractivity contribution in [1.82, 2.24) is 9.55 Å². The molecule has 1 aromatic heterocycles. The van der Waals surface area contributed by atoms with Gasteiger partial charge in [-0.15, -0.1) is 0 Å². The summed E-state index contributed by atoms with van der Waals surface area (Å²) in [6.07, 6.45) is 0. The molecule has 0 bridgehead atoms. The van der Waals surface area contributed by atoms with E-state index in [1.165, 1.54) is 16.6 Å². The molecule has 140 valence electrons. The number of hydrogen-bond acceptors (Lipinski definition) is 5. The van der Waals surface area contributed by atoms with E-state index in [9.17, 15) is 14.4 Å². The van der Waals surface area contributed by atoms with Crippen LogP contribution in [0.25, 0.3) is 0 Å². The smallest absolute Gasteiger partial charge is 0.330 e. The molecule has 1 heterocycles. The molecular weight excluding hydrogens is 336 g/mol. The number of ether oxygens (including phenoxy) is 1. The van der Waals surface area contributed by atoms with Gasteiger partial charge in [-0.3, -0.25) is 19.1 Å². The summed E-state index contributed by atoms with van der Waals surface area (Å²) >= 11 is 0. The van der Waals surface area contributed by atoms with Crippen molar-refractivity contribution in [3.8, 4) is 0 Å². The Morgan fingerprint density at radius 2 is 1.92 bits per heavy atom. The zero-order chi connectivity index (χ0) is 19.3. The molecule has 8 nitrogen and oxygen atoms in total. The molecule has 8 heteroatoms. The van der Waals surface area contributed by atoms with Crippen molar-refractivity contribution in [3.05, 3.63) is 56.7 Å². The highest BCUT2D eigenvalue weighted by atomic mass is 16.5. The van der Waals surface area contributed by atoms with E-state index in [2.05, 4.69) is 4.98 Å². The summed E-state index contributed by atoms with van der Waals surface area (Å²) in [7, 11) is 1.50. The van der Waals surface area contributed by atoms with Gasteiger partial charge in [-0.05, 0) is 5.56 Å². The predicted octanol–water partition coefficient (Wildman–Crippen LogP) is 0.802. The third-order valence-corrected chi connectivity index (χ3v) is 3.95. The molecule has 0 atom stereocenters. The predicted molar refractivity (Wildman–Crippen MR) is 100 cm³/mol. The molecule has 2 rings (SSSR count). The molecule has 0 aliphatic carbocycles. The van der Waals surface area contributed by atoms with Gasteiger partial charge in [0, 0.05) is 19.6 Å². The summed E-state index contributed by atoms with van der Waals surface area (Å²) in [5.41, 5.74) is 5.65. The van der Waals surface area contributed by atoms with Crippen LogP contribution >= 0.6 is 0 Å². The highest BCUT2D eigenvalue weighted by Crippen LogP contribution is 2.19. The van der Waals surface area contributed by atoms with Crippen molar-refractivity contribution in [1.29, 1.82) is 0 Å². The van der Waals surface area contributed by atoms with E-state index in [0.717, 1.165) is 5.56 Å². The maximum absolute atomic E-state index is 12.6. The van der Waals surface area contributed by atoms with Gasteiger partial charge in [0.2, 0.25) is 5.91 Å². The van der Waals surface area contributed by atoms with Crippen LogP contribution in [0.15, 0.2) is 39.9 Å². The molecule has 2 aromatic rings. The minimum Gasteiger partial charge on any atom is -0.383 e. The third kappa shape index (κ3) is 4.20. The minimum absolute atomic E-state index is 0.0312. The number of aromatic nitrogens is 2. The van der Waals surface area contributed by atoms with Gasteiger partial charge in [-0.2, -0.15) is 0 Å². The lowest BCUT2D eigenvalue weighted by molar-refractivity contribution is -0.121. The lowest BCUT2D eigenvalue weighted by Crippen LogP contribution is -2.44. The van der Waals surface area contributed by atoms with E-state index in [1.54, 1.807) is 13.8 Å². The van der Waals surface area contributed by atoms with Gasteiger partial charge in [-0.25, -0.2) is 4.79 Å². The molecule has 0 aliphatic heterocycles. The Labute approximate surface area is 151 Å². The Bertz CT molecular complexity index is 871. The number of amides is 1. The van der Waals surface area contributed by atoms with Crippen molar-refractivity contribution in [2.75, 3.05) is 30.9 Å². The van der Waals surface area contributed by atoms with Crippen LogP contribution in [-0.4, -0.2) is 35.7 Å². The van der Waals surface area contributed by atoms with Crippen LogP contribution in [0.3, 0.4) is 0 Å². The fourth-order valence-corrected chi connectivity index (χ4v) is 2.59. The highest BCUT2D eigenvalue weighted by molar-refractivity contribution is 5.96.